The first-order chi connectivity index (χ1) is 17.3. The van der Waals surface area contributed by atoms with E-state index in [-0.39, 0.29) is 18.5 Å². The molecule has 1 aliphatic heterocycles. The van der Waals surface area contributed by atoms with Crippen molar-refractivity contribution in [1.82, 2.24) is 20.0 Å². The van der Waals surface area contributed by atoms with E-state index in [0.717, 1.165) is 23.7 Å². The molecule has 0 aliphatic carbocycles. The van der Waals surface area contributed by atoms with E-state index in [2.05, 4.69) is 10.4 Å². The summed E-state index contributed by atoms with van der Waals surface area (Å²) in [5, 5.41) is 6.23. The number of hydrogen-bond donors (Lipinski definition) is 1. The van der Waals surface area contributed by atoms with Crippen LogP contribution in [-0.2, 0) is 6.18 Å². The first-order valence-corrected chi connectivity index (χ1v) is 11.8. The number of rotatable bonds is 7. The van der Waals surface area contributed by atoms with Crippen LogP contribution in [0.2, 0.25) is 0 Å². The highest BCUT2D eigenvalue weighted by molar-refractivity contribution is 5.96. The van der Waals surface area contributed by atoms with Crippen molar-refractivity contribution >= 4 is 11.8 Å². The lowest BCUT2D eigenvalue weighted by molar-refractivity contribution is -0.141. The predicted octanol–water partition coefficient (Wildman–Crippen LogP) is 4.71. The summed E-state index contributed by atoms with van der Waals surface area (Å²) in [6.07, 6.45) is -1.41. The summed E-state index contributed by atoms with van der Waals surface area (Å²) in [5.41, 5.74) is -0.928. The molecule has 1 atom stereocenters. The molecule has 1 unspecified atom stereocenters. The van der Waals surface area contributed by atoms with E-state index >= 15 is 0 Å². The molecule has 0 bridgehead atoms. The van der Waals surface area contributed by atoms with Gasteiger partial charge in [-0.2, -0.15) is 18.3 Å². The van der Waals surface area contributed by atoms with Gasteiger partial charge in [-0.25, -0.2) is 4.68 Å². The Labute approximate surface area is 206 Å². The van der Waals surface area contributed by atoms with Gasteiger partial charge in [0.05, 0.1) is 17.9 Å². The SMILES string of the molecule is CCOc1ccc(C(=O)N2CCCCC2CNC(=O)c2cn(-c3ccccc3)nc2C(F)(F)F)cc1. The van der Waals surface area contributed by atoms with Crippen molar-refractivity contribution < 1.29 is 27.5 Å². The molecule has 1 aromatic heterocycles. The highest BCUT2D eigenvalue weighted by Gasteiger charge is 2.39. The number of para-hydroxylation sites is 1. The molecule has 4 rings (SSSR count). The van der Waals surface area contributed by atoms with Crippen LogP contribution in [0, 0.1) is 0 Å². The normalized spacial score (nSPS) is 16.0. The second-order valence-electron chi connectivity index (χ2n) is 8.48. The third-order valence-electron chi connectivity index (χ3n) is 6.05. The van der Waals surface area contributed by atoms with Crippen LogP contribution >= 0.6 is 0 Å². The Balaban J connectivity index is 1.49. The Morgan fingerprint density at radius 3 is 2.47 bits per heavy atom. The van der Waals surface area contributed by atoms with Gasteiger partial charge in [-0.15, -0.1) is 0 Å². The zero-order valence-electron chi connectivity index (χ0n) is 19.8. The molecule has 1 N–H and O–H groups in total. The maximum absolute atomic E-state index is 13.6. The number of ether oxygens (including phenoxy) is 1. The maximum atomic E-state index is 13.6. The van der Waals surface area contributed by atoms with Crippen molar-refractivity contribution in [3.8, 4) is 11.4 Å². The lowest BCUT2D eigenvalue weighted by Gasteiger charge is -2.36. The lowest BCUT2D eigenvalue weighted by atomic mass is 10.0. The number of piperidine rings is 1. The van der Waals surface area contributed by atoms with Gasteiger partial charge in [0, 0.05) is 30.9 Å². The standard InChI is InChI=1S/C26H27F3N4O3/c1-2-36-21-13-11-18(12-14-21)25(35)32-15-7-6-10-20(32)16-30-24(34)22-17-33(19-8-4-3-5-9-19)31-23(22)26(27,28)29/h3-5,8-9,11-14,17,20H,2,6-7,10,15-16H2,1H3,(H,30,34). The quantitative estimate of drug-likeness (QED) is 0.510. The molecule has 190 valence electrons. The molecule has 2 amide bonds. The largest absolute Gasteiger partial charge is 0.494 e. The van der Waals surface area contributed by atoms with Gasteiger partial charge >= 0.3 is 6.18 Å². The number of halogens is 3. The van der Waals surface area contributed by atoms with Crippen LogP contribution < -0.4 is 10.1 Å². The molecule has 0 radical (unpaired) electrons. The molecule has 1 saturated heterocycles. The first kappa shape index (κ1) is 25.3. The zero-order valence-corrected chi connectivity index (χ0v) is 19.8. The number of aromatic nitrogens is 2. The fraction of sp³-hybridized carbons (Fsp3) is 0.346. The van der Waals surface area contributed by atoms with Crippen LogP contribution in [0.5, 0.6) is 5.75 Å². The first-order valence-electron chi connectivity index (χ1n) is 11.8. The molecule has 7 nitrogen and oxygen atoms in total. The molecule has 2 aromatic carbocycles. The van der Waals surface area contributed by atoms with Gasteiger partial charge < -0.3 is 15.0 Å². The van der Waals surface area contributed by atoms with Crippen molar-refractivity contribution in [3.63, 3.8) is 0 Å². The summed E-state index contributed by atoms with van der Waals surface area (Å²) in [6.45, 7) is 2.93. The van der Waals surface area contributed by atoms with E-state index in [9.17, 15) is 22.8 Å². The van der Waals surface area contributed by atoms with E-state index < -0.39 is 23.3 Å². The molecule has 1 aliphatic rings. The minimum absolute atomic E-state index is 0.0371. The molecule has 36 heavy (non-hydrogen) atoms. The van der Waals surface area contributed by atoms with Gasteiger partial charge in [0.15, 0.2) is 5.69 Å². The van der Waals surface area contributed by atoms with Crippen molar-refractivity contribution in [2.24, 2.45) is 0 Å². The third-order valence-corrected chi connectivity index (χ3v) is 6.05. The summed E-state index contributed by atoms with van der Waals surface area (Å²) in [6, 6.07) is 14.8. The lowest BCUT2D eigenvalue weighted by Crippen LogP contribution is -2.49. The van der Waals surface area contributed by atoms with Crippen LogP contribution in [0.3, 0.4) is 0 Å². The number of amides is 2. The van der Waals surface area contributed by atoms with Crippen molar-refractivity contribution in [2.45, 2.75) is 38.4 Å². The van der Waals surface area contributed by atoms with E-state index in [0.29, 0.717) is 36.6 Å². The van der Waals surface area contributed by atoms with Gasteiger partial charge in [-0.1, -0.05) is 18.2 Å². The van der Waals surface area contributed by atoms with Crippen LogP contribution in [-0.4, -0.2) is 52.2 Å². The van der Waals surface area contributed by atoms with Gasteiger partial charge in [-0.05, 0) is 62.6 Å². The maximum Gasteiger partial charge on any atom is 0.435 e. The predicted molar refractivity (Wildman–Crippen MR) is 127 cm³/mol. The molecular formula is C26H27F3N4O3. The molecule has 0 saturated carbocycles. The van der Waals surface area contributed by atoms with Crippen molar-refractivity contribution in [3.05, 3.63) is 77.6 Å². The topological polar surface area (TPSA) is 76.5 Å². The smallest absolute Gasteiger partial charge is 0.435 e. The van der Waals surface area contributed by atoms with Crippen LogP contribution in [0.4, 0.5) is 13.2 Å². The van der Waals surface area contributed by atoms with Crippen molar-refractivity contribution in [1.29, 1.82) is 0 Å². The third kappa shape index (κ3) is 5.69. The van der Waals surface area contributed by atoms with E-state index in [1.54, 1.807) is 59.5 Å². The Morgan fingerprint density at radius 1 is 1.08 bits per heavy atom. The second-order valence-corrected chi connectivity index (χ2v) is 8.48. The van der Waals surface area contributed by atoms with E-state index in [1.807, 2.05) is 6.92 Å². The summed E-state index contributed by atoms with van der Waals surface area (Å²) < 4.78 is 47.4. The molecule has 1 fully saturated rings. The number of alkyl halides is 3. The summed E-state index contributed by atoms with van der Waals surface area (Å²) >= 11 is 0. The van der Waals surface area contributed by atoms with E-state index in [4.69, 9.17) is 4.74 Å². The number of benzene rings is 2. The molecule has 2 heterocycles. The zero-order chi connectivity index (χ0) is 25.7. The second kappa shape index (κ2) is 10.8. The van der Waals surface area contributed by atoms with Crippen LogP contribution in [0.1, 0.15) is 52.6 Å². The monoisotopic (exact) mass is 500 g/mol. The van der Waals surface area contributed by atoms with E-state index in [1.165, 1.54) is 0 Å². The van der Waals surface area contributed by atoms with Gasteiger partial charge in [-0.3, -0.25) is 9.59 Å². The van der Waals surface area contributed by atoms with Crippen LogP contribution in [0.25, 0.3) is 5.69 Å². The average Bonchev–Trinajstić information content (AvgIpc) is 3.35. The number of nitrogens with zero attached hydrogens (tertiary/aromatic N) is 3. The highest BCUT2D eigenvalue weighted by atomic mass is 19.4. The number of carbonyl (C=O) groups is 2. The number of likely N-dealkylation sites (tertiary alicyclic amines) is 1. The Hall–Kier alpha value is -3.82. The number of carbonyl (C=O) groups excluding carboxylic acids is 2. The van der Waals surface area contributed by atoms with Gasteiger partial charge in [0.25, 0.3) is 11.8 Å². The van der Waals surface area contributed by atoms with Gasteiger partial charge in [0.1, 0.15) is 5.75 Å². The van der Waals surface area contributed by atoms with Crippen LogP contribution in [0.15, 0.2) is 60.8 Å². The molecular weight excluding hydrogens is 473 g/mol. The van der Waals surface area contributed by atoms with Crippen molar-refractivity contribution in [2.75, 3.05) is 19.7 Å². The summed E-state index contributed by atoms with van der Waals surface area (Å²) in [7, 11) is 0. The molecule has 3 aromatic rings. The Kier molecular flexibility index (Phi) is 7.61. The fourth-order valence-corrected chi connectivity index (χ4v) is 4.27. The fourth-order valence-electron chi connectivity index (χ4n) is 4.27. The highest BCUT2D eigenvalue weighted by Crippen LogP contribution is 2.31. The number of nitrogens with one attached hydrogen (secondary N) is 1. The minimum Gasteiger partial charge on any atom is -0.494 e. The summed E-state index contributed by atoms with van der Waals surface area (Å²) in [4.78, 5) is 27.7. The average molecular weight is 501 g/mol. The number of hydrogen-bond acceptors (Lipinski definition) is 4. The Bertz CT molecular complexity index is 1190. The molecule has 10 heteroatoms. The molecule has 0 spiro atoms. The minimum atomic E-state index is -4.80. The van der Waals surface area contributed by atoms with Gasteiger partial charge in [0.2, 0.25) is 0 Å². The summed E-state index contributed by atoms with van der Waals surface area (Å²) in [5.74, 6) is -0.415. The Morgan fingerprint density at radius 2 is 1.81 bits per heavy atom.